The first-order chi connectivity index (χ1) is 12.1. The van der Waals surface area contributed by atoms with E-state index in [1.807, 2.05) is 54.6 Å². The Bertz CT molecular complexity index is 846. The highest BCUT2D eigenvalue weighted by molar-refractivity contribution is 7.99. The highest BCUT2D eigenvalue weighted by Gasteiger charge is 2.17. The number of carbonyl (C=O) groups excluding carboxylic acids is 2. The van der Waals surface area contributed by atoms with Crippen molar-refractivity contribution in [3.05, 3.63) is 54.6 Å². The second kappa shape index (κ2) is 7.85. The summed E-state index contributed by atoms with van der Waals surface area (Å²) in [7, 11) is 0. The van der Waals surface area contributed by atoms with Crippen LogP contribution in [0.5, 0.6) is 0 Å². The standard InChI is InChI=1S/C18H18N4O2S/c19-16(23)10-11-22(13-6-2-1-3-7-13)17(24)12-25-18-20-14-8-4-5-9-15(14)21-18/h1-9H,10-12H2,(H2,19,23)(H,20,21). The number of hydrogen-bond donors (Lipinski definition) is 2. The number of nitrogens with one attached hydrogen (secondary N) is 1. The zero-order valence-electron chi connectivity index (χ0n) is 13.5. The number of amides is 2. The van der Waals surface area contributed by atoms with Gasteiger partial charge in [-0.1, -0.05) is 42.1 Å². The number of imidazole rings is 1. The first kappa shape index (κ1) is 17.0. The fraction of sp³-hybridized carbons (Fsp3) is 0.167. The first-order valence-electron chi connectivity index (χ1n) is 7.85. The molecular formula is C18H18N4O2S. The van der Waals surface area contributed by atoms with E-state index in [-0.39, 0.29) is 24.6 Å². The molecule has 2 aromatic carbocycles. The van der Waals surface area contributed by atoms with Crippen molar-refractivity contribution in [1.29, 1.82) is 0 Å². The summed E-state index contributed by atoms with van der Waals surface area (Å²) >= 11 is 1.34. The van der Waals surface area contributed by atoms with Crippen LogP contribution in [0.25, 0.3) is 11.0 Å². The average molecular weight is 354 g/mol. The molecule has 128 valence electrons. The lowest BCUT2D eigenvalue weighted by Gasteiger charge is -2.22. The van der Waals surface area contributed by atoms with Gasteiger partial charge in [-0.15, -0.1) is 0 Å². The van der Waals surface area contributed by atoms with Crippen molar-refractivity contribution in [1.82, 2.24) is 9.97 Å². The van der Waals surface area contributed by atoms with Crippen molar-refractivity contribution in [2.24, 2.45) is 5.73 Å². The monoisotopic (exact) mass is 354 g/mol. The zero-order chi connectivity index (χ0) is 17.6. The van der Waals surface area contributed by atoms with E-state index in [0.717, 1.165) is 16.7 Å². The van der Waals surface area contributed by atoms with Crippen LogP contribution < -0.4 is 10.6 Å². The summed E-state index contributed by atoms with van der Waals surface area (Å²) < 4.78 is 0. The Morgan fingerprint density at radius 2 is 1.80 bits per heavy atom. The van der Waals surface area contributed by atoms with E-state index < -0.39 is 5.91 Å². The van der Waals surface area contributed by atoms with Crippen LogP contribution in [-0.2, 0) is 9.59 Å². The predicted octanol–water partition coefficient (Wildman–Crippen LogP) is 2.56. The number of hydrogen-bond acceptors (Lipinski definition) is 4. The van der Waals surface area contributed by atoms with E-state index in [2.05, 4.69) is 9.97 Å². The number of fused-ring (bicyclic) bond motifs is 1. The number of carbonyl (C=O) groups is 2. The number of rotatable bonds is 7. The van der Waals surface area contributed by atoms with Crippen LogP contribution in [0.4, 0.5) is 5.69 Å². The number of aromatic nitrogens is 2. The number of aromatic amines is 1. The third kappa shape index (κ3) is 4.39. The molecule has 0 saturated carbocycles. The van der Waals surface area contributed by atoms with Crippen LogP contribution in [0, 0.1) is 0 Å². The minimum Gasteiger partial charge on any atom is -0.370 e. The summed E-state index contributed by atoms with van der Waals surface area (Å²) in [6.07, 6.45) is 0.121. The van der Waals surface area contributed by atoms with Gasteiger partial charge in [0, 0.05) is 18.7 Å². The van der Waals surface area contributed by atoms with Crippen molar-refractivity contribution >= 4 is 40.3 Å². The summed E-state index contributed by atoms with van der Waals surface area (Å²) in [5.74, 6) is -0.315. The minimum atomic E-state index is -0.432. The van der Waals surface area contributed by atoms with Crippen molar-refractivity contribution < 1.29 is 9.59 Å². The molecule has 7 heteroatoms. The molecule has 0 atom stereocenters. The largest absolute Gasteiger partial charge is 0.370 e. The maximum atomic E-state index is 12.7. The van der Waals surface area contributed by atoms with Crippen LogP contribution >= 0.6 is 11.8 Å². The van der Waals surface area contributed by atoms with Gasteiger partial charge in [-0.25, -0.2) is 4.98 Å². The summed E-state index contributed by atoms with van der Waals surface area (Å²) in [6, 6.07) is 17.0. The fourth-order valence-corrected chi connectivity index (χ4v) is 3.19. The molecule has 0 aliphatic heterocycles. The second-order valence-corrected chi connectivity index (χ2v) is 6.41. The number of anilines is 1. The maximum Gasteiger partial charge on any atom is 0.237 e. The Balaban J connectivity index is 1.69. The maximum absolute atomic E-state index is 12.7. The second-order valence-electron chi connectivity index (χ2n) is 5.45. The minimum absolute atomic E-state index is 0.0992. The number of nitrogens with zero attached hydrogens (tertiary/aromatic N) is 2. The molecule has 0 saturated heterocycles. The van der Waals surface area contributed by atoms with Gasteiger partial charge < -0.3 is 15.6 Å². The Labute approximate surface area is 149 Å². The number of primary amides is 1. The van der Waals surface area contributed by atoms with E-state index >= 15 is 0 Å². The van der Waals surface area contributed by atoms with Crippen LogP contribution in [0.2, 0.25) is 0 Å². The lowest BCUT2D eigenvalue weighted by molar-refractivity contribution is -0.118. The van der Waals surface area contributed by atoms with Gasteiger partial charge in [0.25, 0.3) is 0 Å². The van der Waals surface area contributed by atoms with Crippen LogP contribution in [0.15, 0.2) is 59.8 Å². The molecule has 3 N–H and O–H groups in total. The topological polar surface area (TPSA) is 92.1 Å². The Morgan fingerprint density at radius 1 is 1.08 bits per heavy atom. The average Bonchev–Trinajstić information content (AvgIpc) is 3.04. The summed E-state index contributed by atoms with van der Waals surface area (Å²) in [6.45, 7) is 0.263. The molecule has 1 heterocycles. The third-order valence-corrected chi connectivity index (χ3v) is 4.51. The number of nitrogens with two attached hydrogens (primary N) is 1. The molecule has 0 aliphatic rings. The van der Waals surface area contributed by atoms with E-state index in [0.29, 0.717) is 5.16 Å². The van der Waals surface area contributed by atoms with E-state index in [1.54, 1.807) is 4.90 Å². The molecule has 2 amide bonds. The van der Waals surface area contributed by atoms with Gasteiger partial charge in [-0.05, 0) is 24.3 Å². The van der Waals surface area contributed by atoms with Gasteiger partial charge in [0.2, 0.25) is 11.8 Å². The number of benzene rings is 2. The summed E-state index contributed by atoms with van der Waals surface area (Å²) in [4.78, 5) is 33.0. The Kier molecular flexibility index (Phi) is 5.35. The summed E-state index contributed by atoms with van der Waals surface area (Å²) in [5, 5.41) is 0.692. The van der Waals surface area contributed by atoms with Gasteiger partial charge in [0.1, 0.15) is 0 Å². The molecule has 25 heavy (non-hydrogen) atoms. The predicted molar refractivity (Wildman–Crippen MR) is 99.4 cm³/mol. The highest BCUT2D eigenvalue weighted by atomic mass is 32.2. The van der Waals surface area contributed by atoms with Crippen molar-refractivity contribution in [3.8, 4) is 0 Å². The Hall–Kier alpha value is -2.80. The molecule has 0 fully saturated rings. The smallest absolute Gasteiger partial charge is 0.237 e. The first-order valence-corrected chi connectivity index (χ1v) is 8.83. The van der Waals surface area contributed by atoms with Crippen LogP contribution in [0.1, 0.15) is 6.42 Å². The van der Waals surface area contributed by atoms with Crippen LogP contribution in [-0.4, -0.2) is 34.1 Å². The SMILES string of the molecule is NC(=O)CCN(C(=O)CSc1nc2ccccc2[nH]1)c1ccccc1. The van der Waals surface area contributed by atoms with Gasteiger partial charge in [-0.2, -0.15) is 0 Å². The van der Waals surface area contributed by atoms with E-state index in [1.165, 1.54) is 11.8 Å². The normalized spacial score (nSPS) is 10.7. The molecule has 0 spiro atoms. The van der Waals surface area contributed by atoms with Crippen molar-refractivity contribution in [2.45, 2.75) is 11.6 Å². The molecule has 0 unspecified atom stereocenters. The van der Waals surface area contributed by atoms with E-state index in [9.17, 15) is 9.59 Å². The van der Waals surface area contributed by atoms with Gasteiger partial charge in [0.15, 0.2) is 5.16 Å². The quantitative estimate of drug-likeness (QED) is 0.638. The van der Waals surface area contributed by atoms with Gasteiger partial charge >= 0.3 is 0 Å². The lowest BCUT2D eigenvalue weighted by Crippen LogP contribution is -2.35. The van der Waals surface area contributed by atoms with Crippen molar-refractivity contribution in [3.63, 3.8) is 0 Å². The molecule has 0 bridgehead atoms. The van der Waals surface area contributed by atoms with Crippen molar-refractivity contribution in [2.75, 3.05) is 17.2 Å². The number of para-hydroxylation sites is 3. The molecule has 6 nitrogen and oxygen atoms in total. The zero-order valence-corrected chi connectivity index (χ0v) is 14.3. The van der Waals surface area contributed by atoms with Gasteiger partial charge in [0.05, 0.1) is 16.8 Å². The molecular weight excluding hydrogens is 336 g/mol. The molecule has 3 rings (SSSR count). The van der Waals surface area contributed by atoms with Gasteiger partial charge in [-0.3, -0.25) is 9.59 Å². The molecule has 3 aromatic rings. The molecule has 0 aliphatic carbocycles. The number of H-pyrrole nitrogens is 1. The Morgan fingerprint density at radius 3 is 2.52 bits per heavy atom. The highest BCUT2D eigenvalue weighted by Crippen LogP contribution is 2.21. The summed E-state index contributed by atoms with van der Waals surface area (Å²) in [5.41, 5.74) is 7.78. The molecule has 1 aromatic heterocycles. The lowest BCUT2D eigenvalue weighted by atomic mass is 10.2. The number of thioether (sulfide) groups is 1. The van der Waals surface area contributed by atoms with Crippen LogP contribution in [0.3, 0.4) is 0 Å². The third-order valence-electron chi connectivity index (χ3n) is 3.65. The van der Waals surface area contributed by atoms with E-state index in [4.69, 9.17) is 5.73 Å². The molecule has 0 radical (unpaired) electrons. The fourth-order valence-electron chi connectivity index (χ4n) is 2.43.